The number of rotatable bonds is 4. The van der Waals surface area contributed by atoms with Gasteiger partial charge in [0.2, 0.25) is 0 Å². The first-order valence-electron chi connectivity index (χ1n) is 5.20. The molecular weight excluding hydrogens is 366 g/mol. The quantitative estimate of drug-likeness (QED) is 0.790. The SMILES string of the molecule is CCOC(=O)C(F)(F)[C@@H](N)c1cc(Br)cc(F)c1O.Cl. The van der Waals surface area contributed by atoms with Crippen molar-refractivity contribution >= 4 is 34.3 Å². The molecule has 114 valence electrons. The lowest BCUT2D eigenvalue weighted by Gasteiger charge is -2.22. The second-order valence-electron chi connectivity index (χ2n) is 3.65. The van der Waals surface area contributed by atoms with E-state index in [4.69, 9.17) is 5.73 Å². The lowest BCUT2D eigenvalue weighted by Crippen LogP contribution is -2.41. The molecule has 0 bridgehead atoms. The highest BCUT2D eigenvalue weighted by molar-refractivity contribution is 9.10. The largest absolute Gasteiger partial charge is 0.505 e. The molecule has 1 rings (SSSR count). The van der Waals surface area contributed by atoms with Crippen LogP contribution in [0, 0.1) is 5.82 Å². The normalized spacial score (nSPS) is 12.5. The van der Waals surface area contributed by atoms with Crippen molar-refractivity contribution in [3.05, 3.63) is 28.0 Å². The van der Waals surface area contributed by atoms with Gasteiger partial charge in [0.15, 0.2) is 11.6 Å². The third kappa shape index (κ3) is 3.77. The molecule has 0 fully saturated rings. The minimum atomic E-state index is -4.08. The fourth-order valence-electron chi connectivity index (χ4n) is 1.37. The van der Waals surface area contributed by atoms with Gasteiger partial charge < -0.3 is 15.6 Å². The summed E-state index contributed by atoms with van der Waals surface area (Å²) in [5.74, 6) is -8.07. The van der Waals surface area contributed by atoms with Crippen LogP contribution in [0.1, 0.15) is 18.5 Å². The van der Waals surface area contributed by atoms with E-state index in [0.717, 1.165) is 12.1 Å². The summed E-state index contributed by atoms with van der Waals surface area (Å²) in [6, 6.07) is -0.330. The Kier molecular flexibility index (Phi) is 6.79. The predicted octanol–water partition coefficient (Wildman–Crippen LogP) is 2.91. The summed E-state index contributed by atoms with van der Waals surface area (Å²) >= 11 is 2.88. The van der Waals surface area contributed by atoms with Gasteiger partial charge in [0.25, 0.3) is 0 Å². The van der Waals surface area contributed by atoms with Crippen LogP contribution in [0.25, 0.3) is 0 Å². The summed E-state index contributed by atoms with van der Waals surface area (Å²) < 4.78 is 44.9. The minimum absolute atomic E-state index is 0. The number of nitrogens with two attached hydrogens (primary N) is 1. The standard InChI is InChI=1S/C11H11BrF3NO3.ClH/c1-2-19-10(18)11(14,15)9(16)6-3-5(12)4-7(13)8(6)17;/h3-4,9,17H,2,16H2,1H3;1H/t9-;/m0./s1. The predicted molar refractivity (Wildman–Crippen MR) is 71.5 cm³/mol. The first kappa shape index (κ1) is 19.0. The fourth-order valence-corrected chi connectivity index (χ4v) is 1.82. The zero-order valence-corrected chi connectivity index (χ0v) is 12.6. The number of hydrogen-bond donors (Lipinski definition) is 2. The van der Waals surface area contributed by atoms with Crippen molar-refractivity contribution in [1.82, 2.24) is 0 Å². The van der Waals surface area contributed by atoms with Gasteiger partial charge in [-0.3, -0.25) is 0 Å². The smallest absolute Gasteiger partial charge is 0.379 e. The van der Waals surface area contributed by atoms with Gasteiger partial charge in [-0.15, -0.1) is 12.4 Å². The van der Waals surface area contributed by atoms with Crippen molar-refractivity contribution < 1.29 is 27.8 Å². The third-order valence-corrected chi connectivity index (χ3v) is 2.79. The molecule has 1 atom stereocenters. The van der Waals surface area contributed by atoms with Crippen LogP contribution in [0.3, 0.4) is 0 Å². The molecule has 0 saturated heterocycles. The number of phenolic OH excluding ortho intramolecular Hbond substituents is 1. The van der Waals surface area contributed by atoms with E-state index in [1.165, 1.54) is 6.92 Å². The number of benzene rings is 1. The highest BCUT2D eigenvalue weighted by atomic mass is 79.9. The van der Waals surface area contributed by atoms with Crippen molar-refractivity contribution in [3.8, 4) is 5.75 Å². The lowest BCUT2D eigenvalue weighted by molar-refractivity contribution is -0.174. The molecule has 0 aliphatic heterocycles. The monoisotopic (exact) mass is 377 g/mol. The van der Waals surface area contributed by atoms with Gasteiger partial charge in [-0.25, -0.2) is 9.18 Å². The number of phenols is 1. The van der Waals surface area contributed by atoms with Crippen LogP contribution in [0.5, 0.6) is 5.75 Å². The maximum absolute atomic E-state index is 13.7. The number of esters is 1. The van der Waals surface area contributed by atoms with Gasteiger partial charge in [0, 0.05) is 10.0 Å². The zero-order chi connectivity index (χ0) is 14.8. The number of ether oxygens (including phenoxy) is 1. The van der Waals surface area contributed by atoms with Crippen LogP contribution >= 0.6 is 28.3 Å². The van der Waals surface area contributed by atoms with Gasteiger partial charge in [0.1, 0.15) is 6.04 Å². The van der Waals surface area contributed by atoms with Crippen LogP contribution in [-0.2, 0) is 9.53 Å². The van der Waals surface area contributed by atoms with Crippen molar-refractivity contribution in [2.75, 3.05) is 6.61 Å². The maximum atomic E-state index is 13.7. The van der Waals surface area contributed by atoms with Gasteiger partial charge in [-0.05, 0) is 19.1 Å². The van der Waals surface area contributed by atoms with E-state index in [0.29, 0.717) is 0 Å². The highest BCUT2D eigenvalue weighted by Crippen LogP contribution is 2.37. The molecule has 3 N–H and O–H groups in total. The summed E-state index contributed by atoms with van der Waals surface area (Å²) in [6.45, 7) is 1.11. The molecule has 0 unspecified atom stereocenters. The van der Waals surface area contributed by atoms with Gasteiger partial charge in [-0.1, -0.05) is 15.9 Å². The van der Waals surface area contributed by atoms with Crippen molar-refractivity contribution in [2.24, 2.45) is 5.73 Å². The molecule has 0 saturated carbocycles. The number of halogens is 5. The van der Waals surface area contributed by atoms with E-state index < -0.39 is 35.1 Å². The Hall–Kier alpha value is -0.990. The zero-order valence-electron chi connectivity index (χ0n) is 10.2. The minimum Gasteiger partial charge on any atom is -0.505 e. The number of hydrogen-bond acceptors (Lipinski definition) is 4. The number of carbonyl (C=O) groups is 1. The van der Waals surface area contributed by atoms with Crippen LogP contribution < -0.4 is 5.73 Å². The summed E-state index contributed by atoms with van der Waals surface area (Å²) in [5.41, 5.74) is 4.65. The molecule has 4 nitrogen and oxygen atoms in total. The van der Waals surface area contributed by atoms with Crippen molar-refractivity contribution in [1.29, 1.82) is 0 Å². The summed E-state index contributed by atoms with van der Waals surface area (Å²) in [6.07, 6.45) is 0. The number of aromatic hydroxyl groups is 1. The van der Waals surface area contributed by atoms with E-state index in [1.807, 2.05) is 0 Å². The van der Waals surface area contributed by atoms with Gasteiger partial charge in [-0.2, -0.15) is 8.78 Å². The van der Waals surface area contributed by atoms with E-state index in [9.17, 15) is 23.1 Å². The van der Waals surface area contributed by atoms with Crippen LogP contribution in [0.15, 0.2) is 16.6 Å². The molecular formula is C11H12BrClF3NO3. The molecule has 1 aromatic rings. The average Bonchev–Trinajstić information content (AvgIpc) is 2.33. The van der Waals surface area contributed by atoms with E-state index in [1.54, 1.807) is 0 Å². The highest BCUT2D eigenvalue weighted by Gasteiger charge is 2.49. The molecule has 0 aliphatic rings. The van der Waals surface area contributed by atoms with E-state index in [-0.39, 0.29) is 23.5 Å². The topological polar surface area (TPSA) is 72.5 Å². The molecule has 9 heteroatoms. The molecule has 0 aliphatic carbocycles. The van der Waals surface area contributed by atoms with E-state index in [2.05, 4.69) is 20.7 Å². The Labute approximate surface area is 127 Å². The Morgan fingerprint density at radius 1 is 1.55 bits per heavy atom. The molecule has 0 heterocycles. The average molecular weight is 379 g/mol. The second kappa shape index (κ2) is 7.14. The lowest BCUT2D eigenvalue weighted by atomic mass is 10.00. The van der Waals surface area contributed by atoms with Crippen LogP contribution in [0.4, 0.5) is 13.2 Å². The molecule has 0 aromatic heterocycles. The second-order valence-corrected chi connectivity index (χ2v) is 4.56. The summed E-state index contributed by atoms with van der Waals surface area (Å²) in [4.78, 5) is 11.1. The Bertz CT molecular complexity index is 502. The van der Waals surface area contributed by atoms with Gasteiger partial charge in [0.05, 0.1) is 6.61 Å². The summed E-state index contributed by atoms with van der Waals surface area (Å²) in [7, 11) is 0. The Morgan fingerprint density at radius 2 is 2.10 bits per heavy atom. The molecule has 1 aromatic carbocycles. The fraction of sp³-hybridized carbons (Fsp3) is 0.364. The van der Waals surface area contributed by atoms with Crippen molar-refractivity contribution in [2.45, 2.75) is 18.9 Å². The Morgan fingerprint density at radius 3 is 2.60 bits per heavy atom. The molecule has 20 heavy (non-hydrogen) atoms. The van der Waals surface area contributed by atoms with Crippen LogP contribution in [-0.4, -0.2) is 23.6 Å². The molecule has 0 spiro atoms. The third-order valence-electron chi connectivity index (χ3n) is 2.33. The van der Waals surface area contributed by atoms with Gasteiger partial charge >= 0.3 is 11.9 Å². The maximum Gasteiger partial charge on any atom is 0.379 e. The number of alkyl halides is 2. The Balaban J connectivity index is 0.00000361. The molecule has 0 radical (unpaired) electrons. The molecule has 0 amide bonds. The first-order valence-corrected chi connectivity index (χ1v) is 5.99. The van der Waals surface area contributed by atoms with Crippen molar-refractivity contribution in [3.63, 3.8) is 0 Å². The number of carbonyl (C=O) groups excluding carboxylic acids is 1. The van der Waals surface area contributed by atoms with Crippen LogP contribution in [0.2, 0.25) is 0 Å². The first-order chi connectivity index (χ1) is 8.71. The van der Waals surface area contributed by atoms with E-state index >= 15 is 0 Å². The summed E-state index contributed by atoms with van der Waals surface area (Å²) in [5, 5.41) is 9.41.